The second-order valence-corrected chi connectivity index (χ2v) is 1.14. The first kappa shape index (κ1) is 16.6. The normalized spacial score (nSPS) is 6.00. The topological polar surface area (TPSA) is 46.2 Å². The first-order valence-corrected chi connectivity index (χ1v) is 3.91. The van der Waals surface area contributed by atoms with Crippen LogP contribution in [0.15, 0.2) is 0 Å². The number of nitrogens with one attached hydrogen (secondary N) is 1. The molecule has 0 aliphatic heterocycles. The highest BCUT2D eigenvalue weighted by atomic mass is 16.2. The van der Waals surface area contributed by atoms with E-state index < -0.39 is 11.7 Å². The van der Waals surface area contributed by atoms with Crippen LogP contribution in [0.5, 0.6) is 0 Å². The Morgan fingerprint density at radius 2 is 1.27 bits per heavy atom. The van der Waals surface area contributed by atoms with E-state index in [1.165, 1.54) is 14.0 Å². The molecule has 0 radical (unpaired) electrons. The molecule has 0 spiro atoms. The smallest absolute Gasteiger partial charge is 0.286 e. The van der Waals surface area contributed by atoms with E-state index in [-0.39, 0.29) is 0 Å². The summed E-state index contributed by atoms with van der Waals surface area (Å²) < 4.78 is 0. The van der Waals surface area contributed by atoms with Crippen molar-refractivity contribution in [2.24, 2.45) is 0 Å². The highest BCUT2D eigenvalue weighted by Gasteiger charge is 2.00. The van der Waals surface area contributed by atoms with Crippen molar-refractivity contribution in [1.29, 1.82) is 0 Å². The molecule has 0 saturated carbocycles. The average Bonchev–Trinajstić information content (AvgIpc) is 2.10. The van der Waals surface area contributed by atoms with Gasteiger partial charge in [0.2, 0.25) is 5.78 Å². The Bertz CT molecular complexity index is 100. The second-order valence-electron chi connectivity index (χ2n) is 1.14. The molecular formula is C8H19NO2. The van der Waals surface area contributed by atoms with Gasteiger partial charge in [-0.05, 0) is 0 Å². The van der Waals surface area contributed by atoms with Crippen molar-refractivity contribution in [3.8, 4) is 0 Å². The van der Waals surface area contributed by atoms with Crippen molar-refractivity contribution in [1.82, 2.24) is 5.32 Å². The largest absolute Gasteiger partial charge is 0.353 e. The molecule has 0 heterocycles. The van der Waals surface area contributed by atoms with Crippen molar-refractivity contribution >= 4 is 11.7 Å². The maximum Gasteiger partial charge on any atom is 0.286 e. The standard InChI is InChI=1S/C4H7NO2.2C2H6/c1-3(6)4(7)5-2;2*1-2/h1-2H3,(H,5,7);2*1-2H3. The van der Waals surface area contributed by atoms with Gasteiger partial charge in [-0.1, -0.05) is 27.7 Å². The van der Waals surface area contributed by atoms with E-state index in [0.717, 1.165) is 0 Å². The Labute approximate surface area is 69.2 Å². The fourth-order valence-electron chi connectivity index (χ4n) is 0.176. The van der Waals surface area contributed by atoms with Crippen molar-refractivity contribution < 1.29 is 9.59 Å². The monoisotopic (exact) mass is 161 g/mol. The lowest BCUT2D eigenvalue weighted by Crippen LogP contribution is -2.24. The van der Waals surface area contributed by atoms with Gasteiger partial charge in [0, 0.05) is 14.0 Å². The van der Waals surface area contributed by atoms with Gasteiger partial charge < -0.3 is 5.32 Å². The molecule has 0 aromatic heterocycles. The van der Waals surface area contributed by atoms with Gasteiger partial charge in [0.1, 0.15) is 0 Å². The molecule has 0 aliphatic carbocycles. The molecule has 0 bridgehead atoms. The van der Waals surface area contributed by atoms with Crippen molar-refractivity contribution in [3.63, 3.8) is 0 Å². The molecule has 1 amide bonds. The Morgan fingerprint density at radius 1 is 1.00 bits per heavy atom. The summed E-state index contributed by atoms with van der Waals surface area (Å²) in [5.74, 6) is -0.998. The number of rotatable bonds is 1. The number of likely N-dealkylation sites (N-methyl/N-ethyl adjacent to an activating group) is 1. The summed E-state index contributed by atoms with van der Waals surface area (Å²) in [6.07, 6.45) is 0. The Balaban J connectivity index is -0.000000138. The summed E-state index contributed by atoms with van der Waals surface area (Å²) in [5.41, 5.74) is 0. The van der Waals surface area contributed by atoms with Crippen LogP contribution in [-0.2, 0) is 9.59 Å². The van der Waals surface area contributed by atoms with Crippen LogP contribution in [0.4, 0.5) is 0 Å². The summed E-state index contributed by atoms with van der Waals surface area (Å²) in [6, 6.07) is 0. The van der Waals surface area contributed by atoms with Crippen LogP contribution < -0.4 is 5.32 Å². The Hall–Kier alpha value is -0.860. The van der Waals surface area contributed by atoms with Gasteiger partial charge in [-0.15, -0.1) is 0 Å². The minimum Gasteiger partial charge on any atom is -0.353 e. The maximum absolute atomic E-state index is 10.1. The number of hydrogen-bond acceptors (Lipinski definition) is 2. The molecule has 0 fully saturated rings. The van der Waals surface area contributed by atoms with Crippen molar-refractivity contribution in [2.75, 3.05) is 7.05 Å². The highest BCUT2D eigenvalue weighted by Crippen LogP contribution is 1.63. The molecule has 0 aromatic rings. The third-order valence-electron chi connectivity index (χ3n) is 0.547. The minimum absolute atomic E-state index is 0.456. The third kappa shape index (κ3) is 17.6. The molecule has 0 aliphatic rings. The fraction of sp³-hybridized carbons (Fsp3) is 0.750. The molecule has 68 valence electrons. The molecule has 0 saturated heterocycles. The van der Waals surface area contributed by atoms with Crippen LogP contribution in [0.3, 0.4) is 0 Å². The molecule has 3 nitrogen and oxygen atoms in total. The maximum atomic E-state index is 10.1. The van der Waals surface area contributed by atoms with E-state index in [1.807, 2.05) is 27.7 Å². The molecule has 11 heavy (non-hydrogen) atoms. The van der Waals surface area contributed by atoms with Gasteiger partial charge >= 0.3 is 0 Å². The van der Waals surface area contributed by atoms with Gasteiger partial charge in [-0.3, -0.25) is 9.59 Å². The summed E-state index contributed by atoms with van der Waals surface area (Å²) in [7, 11) is 1.42. The van der Waals surface area contributed by atoms with E-state index in [0.29, 0.717) is 0 Å². The minimum atomic E-state index is -0.542. The Morgan fingerprint density at radius 3 is 1.27 bits per heavy atom. The summed E-state index contributed by atoms with van der Waals surface area (Å²) in [6.45, 7) is 9.22. The van der Waals surface area contributed by atoms with E-state index in [4.69, 9.17) is 0 Å². The van der Waals surface area contributed by atoms with E-state index in [1.54, 1.807) is 0 Å². The number of ketones is 1. The number of hydrogen-bond donors (Lipinski definition) is 1. The van der Waals surface area contributed by atoms with Gasteiger partial charge in [0.15, 0.2) is 0 Å². The number of carbonyl (C=O) groups excluding carboxylic acids is 2. The molecule has 3 heteroatoms. The zero-order valence-electron chi connectivity index (χ0n) is 8.32. The van der Waals surface area contributed by atoms with Gasteiger partial charge in [-0.25, -0.2) is 0 Å². The molecule has 0 atom stereocenters. The number of amides is 1. The predicted molar refractivity (Wildman–Crippen MR) is 47.4 cm³/mol. The van der Waals surface area contributed by atoms with Gasteiger partial charge in [0.05, 0.1) is 0 Å². The first-order chi connectivity index (χ1) is 5.18. The van der Waals surface area contributed by atoms with Crippen LogP contribution in [0.25, 0.3) is 0 Å². The lowest BCUT2D eigenvalue weighted by atomic mass is 10.4. The molecule has 0 unspecified atom stereocenters. The van der Waals surface area contributed by atoms with Crippen LogP contribution in [-0.4, -0.2) is 18.7 Å². The predicted octanol–water partition coefficient (Wildman–Crippen LogP) is 1.37. The van der Waals surface area contributed by atoms with E-state index >= 15 is 0 Å². The van der Waals surface area contributed by atoms with Crippen LogP contribution in [0, 0.1) is 0 Å². The second kappa shape index (κ2) is 16.1. The molecule has 0 aromatic carbocycles. The van der Waals surface area contributed by atoms with Gasteiger partial charge in [0.25, 0.3) is 5.91 Å². The molecule has 1 N–H and O–H groups in total. The van der Waals surface area contributed by atoms with Crippen molar-refractivity contribution in [3.05, 3.63) is 0 Å². The van der Waals surface area contributed by atoms with Crippen LogP contribution >= 0.6 is 0 Å². The van der Waals surface area contributed by atoms with Gasteiger partial charge in [-0.2, -0.15) is 0 Å². The number of carbonyl (C=O) groups is 2. The highest BCUT2D eigenvalue weighted by molar-refractivity contribution is 6.35. The molecule has 0 rings (SSSR count). The molecular weight excluding hydrogens is 142 g/mol. The van der Waals surface area contributed by atoms with Crippen LogP contribution in [0.2, 0.25) is 0 Å². The fourth-order valence-corrected chi connectivity index (χ4v) is 0.176. The summed E-state index contributed by atoms with van der Waals surface area (Å²) in [5, 5.41) is 2.18. The SMILES string of the molecule is CC.CC.CNC(=O)C(C)=O. The number of Topliss-reactive ketones (excluding diaryl/α,β-unsaturated/α-hetero) is 1. The lowest BCUT2D eigenvalue weighted by molar-refractivity contribution is -0.136. The Kier molecular flexibility index (Phi) is 24.3. The first-order valence-electron chi connectivity index (χ1n) is 3.91. The van der Waals surface area contributed by atoms with Crippen LogP contribution in [0.1, 0.15) is 34.6 Å². The quantitative estimate of drug-likeness (QED) is 0.590. The zero-order chi connectivity index (χ0) is 9.86. The summed E-state index contributed by atoms with van der Waals surface area (Å²) >= 11 is 0. The van der Waals surface area contributed by atoms with Crippen molar-refractivity contribution in [2.45, 2.75) is 34.6 Å². The summed E-state index contributed by atoms with van der Waals surface area (Å²) in [4.78, 5) is 20.0. The van der Waals surface area contributed by atoms with E-state index in [2.05, 4.69) is 5.32 Å². The third-order valence-corrected chi connectivity index (χ3v) is 0.547. The lowest BCUT2D eigenvalue weighted by Gasteiger charge is -1.86. The average molecular weight is 161 g/mol. The zero-order valence-corrected chi connectivity index (χ0v) is 8.32. The van der Waals surface area contributed by atoms with E-state index in [9.17, 15) is 9.59 Å².